The maximum atomic E-state index is 12.4. The summed E-state index contributed by atoms with van der Waals surface area (Å²) in [6, 6.07) is 8.75. The van der Waals surface area contributed by atoms with E-state index in [0.717, 1.165) is 18.4 Å². The molecule has 1 aromatic carbocycles. The standard InChI is InChI=1S/C18H27N3O4S/c1-2-12-26(24,25)21-11-7-6-10-16(21)18(23)20-14-17(22)19-13-15-8-4-3-5-9-15/h3-5,8-9,16H,2,6-7,10-14H2,1H3,(H,19,22)(H,20,23)/t16-/m1/s1. The molecule has 0 unspecified atom stereocenters. The highest BCUT2D eigenvalue weighted by Gasteiger charge is 2.36. The number of sulfonamides is 1. The summed E-state index contributed by atoms with van der Waals surface area (Å²) in [6.07, 6.45) is 2.55. The molecule has 0 aliphatic carbocycles. The molecule has 0 radical (unpaired) electrons. The summed E-state index contributed by atoms with van der Waals surface area (Å²) in [6.45, 7) is 2.38. The Balaban J connectivity index is 1.86. The van der Waals surface area contributed by atoms with E-state index in [-0.39, 0.29) is 18.2 Å². The summed E-state index contributed by atoms with van der Waals surface area (Å²) in [7, 11) is -3.44. The van der Waals surface area contributed by atoms with Crippen molar-refractivity contribution in [1.82, 2.24) is 14.9 Å². The zero-order valence-corrected chi connectivity index (χ0v) is 15.9. The van der Waals surface area contributed by atoms with E-state index in [1.807, 2.05) is 30.3 Å². The molecule has 2 N–H and O–H groups in total. The third-order valence-corrected chi connectivity index (χ3v) is 6.41. The molecule has 2 amide bonds. The van der Waals surface area contributed by atoms with Crippen LogP contribution in [0, 0.1) is 0 Å². The van der Waals surface area contributed by atoms with Crippen LogP contribution in [0.3, 0.4) is 0 Å². The Labute approximate surface area is 155 Å². The summed E-state index contributed by atoms with van der Waals surface area (Å²) < 4.78 is 26.0. The Morgan fingerprint density at radius 3 is 2.58 bits per heavy atom. The van der Waals surface area contributed by atoms with Gasteiger partial charge in [-0.1, -0.05) is 43.7 Å². The van der Waals surface area contributed by atoms with E-state index in [2.05, 4.69) is 10.6 Å². The highest BCUT2D eigenvalue weighted by atomic mass is 32.2. The third-order valence-electron chi connectivity index (χ3n) is 4.33. The predicted molar refractivity (Wildman–Crippen MR) is 99.7 cm³/mol. The second-order valence-corrected chi connectivity index (χ2v) is 8.46. The summed E-state index contributed by atoms with van der Waals surface area (Å²) in [4.78, 5) is 24.4. The molecule has 1 aliphatic heterocycles. The van der Waals surface area contributed by atoms with Crippen LogP contribution in [0.1, 0.15) is 38.2 Å². The number of hydrogen-bond acceptors (Lipinski definition) is 4. The molecular weight excluding hydrogens is 354 g/mol. The average molecular weight is 381 g/mol. The molecule has 1 aliphatic rings. The van der Waals surface area contributed by atoms with Gasteiger partial charge in [0.05, 0.1) is 12.3 Å². The van der Waals surface area contributed by atoms with Crippen molar-refractivity contribution in [3.8, 4) is 0 Å². The molecule has 1 fully saturated rings. The maximum Gasteiger partial charge on any atom is 0.239 e. The monoisotopic (exact) mass is 381 g/mol. The zero-order valence-electron chi connectivity index (χ0n) is 15.1. The first kappa shape index (κ1) is 20.4. The van der Waals surface area contributed by atoms with Crippen LogP contribution in [-0.4, -0.2) is 49.4 Å². The Bertz CT molecular complexity index is 706. The van der Waals surface area contributed by atoms with Gasteiger partial charge >= 0.3 is 0 Å². The Morgan fingerprint density at radius 1 is 1.15 bits per heavy atom. The first-order valence-electron chi connectivity index (χ1n) is 9.02. The van der Waals surface area contributed by atoms with Crippen LogP contribution in [0.15, 0.2) is 30.3 Å². The topological polar surface area (TPSA) is 95.6 Å². The maximum absolute atomic E-state index is 12.4. The van der Waals surface area contributed by atoms with Crippen LogP contribution in [0.2, 0.25) is 0 Å². The van der Waals surface area contributed by atoms with Crippen LogP contribution in [0.4, 0.5) is 0 Å². The van der Waals surface area contributed by atoms with Crippen molar-refractivity contribution >= 4 is 21.8 Å². The summed E-state index contributed by atoms with van der Waals surface area (Å²) in [5, 5.41) is 5.31. The Morgan fingerprint density at radius 2 is 1.88 bits per heavy atom. The lowest BCUT2D eigenvalue weighted by Crippen LogP contribution is -2.53. The van der Waals surface area contributed by atoms with E-state index in [4.69, 9.17) is 0 Å². The van der Waals surface area contributed by atoms with Crippen molar-refractivity contribution in [2.45, 2.75) is 45.2 Å². The molecule has 0 spiro atoms. The summed E-state index contributed by atoms with van der Waals surface area (Å²) >= 11 is 0. The van der Waals surface area contributed by atoms with Crippen LogP contribution in [-0.2, 0) is 26.2 Å². The highest BCUT2D eigenvalue weighted by Crippen LogP contribution is 2.21. The molecule has 0 aromatic heterocycles. The minimum Gasteiger partial charge on any atom is -0.350 e. The fraction of sp³-hybridized carbons (Fsp3) is 0.556. The number of carbonyl (C=O) groups is 2. The molecule has 1 aromatic rings. The van der Waals surface area contributed by atoms with Gasteiger partial charge in [-0.25, -0.2) is 8.42 Å². The van der Waals surface area contributed by atoms with E-state index >= 15 is 0 Å². The molecular formula is C18H27N3O4S. The molecule has 0 saturated carbocycles. The van der Waals surface area contributed by atoms with Gasteiger partial charge in [-0.05, 0) is 24.8 Å². The first-order valence-corrected chi connectivity index (χ1v) is 10.6. The van der Waals surface area contributed by atoms with Crippen molar-refractivity contribution in [2.75, 3.05) is 18.8 Å². The van der Waals surface area contributed by atoms with Crippen molar-refractivity contribution in [2.24, 2.45) is 0 Å². The SMILES string of the molecule is CCCS(=O)(=O)N1CCCC[C@@H]1C(=O)NCC(=O)NCc1ccccc1. The summed E-state index contributed by atoms with van der Waals surface area (Å²) in [5.41, 5.74) is 0.969. The minimum absolute atomic E-state index is 0.0361. The van der Waals surface area contributed by atoms with Crippen LogP contribution < -0.4 is 10.6 Å². The van der Waals surface area contributed by atoms with Gasteiger partial charge in [-0.2, -0.15) is 4.31 Å². The number of hydrogen-bond donors (Lipinski definition) is 2. The lowest BCUT2D eigenvalue weighted by molar-refractivity contribution is -0.129. The number of rotatable bonds is 8. The van der Waals surface area contributed by atoms with Crippen molar-refractivity contribution in [1.29, 1.82) is 0 Å². The second kappa shape index (κ2) is 9.68. The molecule has 26 heavy (non-hydrogen) atoms. The predicted octanol–water partition coefficient (Wildman–Crippen LogP) is 1.01. The number of amides is 2. The van der Waals surface area contributed by atoms with Gasteiger partial charge < -0.3 is 10.6 Å². The van der Waals surface area contributed by atoms with Crippen molar-refractivity contribution in [3.63, 3.8) is 0 Å². The highest BCUT2D eigenvalue weighted by molar-refractivity contribution is 7.89. The molecule has 7 nitrogen and oxygen atoms in total. The smallest absolute Gasteiger partial charge is 0.239 e. The first-order chi connectivity index (χ1) is 12.4. The van der Waals surface area contributed by atoms with Crippen LogP contribution >= 0.6 is 0 Å². The molecule has 8 heteroatoms. The van der Waals surface area contributed by atoms with Gasteiger partial charge in [0.2, 0.25) is 21.8 Å². The number of piperidine rings is 1. The van der Waals surface area contributed by atoms with Gasteiger partial charge in [-0.3, -0.25) is 9.59 Å². The van der Waals surface area contributed by atoms with E-state index < -0.39 is 22.0 Å². The largest absolute Gasteiger partial charge is 0.350 e. The number of nitrogens with zero attached hydrogens (tertiary/aromatic N) is 1. The van der Waals surface area contributed by atoms with E-state index in [1.165, 1.54) is 4.31 Å². The van der Waals surface area contributed by atoms with E-state index in [9.17, 15) is 18.0 Å². The Hall–Kier alpha value is -1.93. The average Bonchev–Trinajstić information content (AvgIpc) is 2.65. The van der Waals surface area contributed by atoms with Gasteiger partial charge in [0, 0.05) is 13.1 Å². The van der Waals surface area contributed by atoms with Crippen molar-refractivity contribution in [3.05, 3.63) is 35.9 Å². The second-order valence-electron chi connectivity index (χ2n) is 6.42. The lowest BCUT2D eigenvalue weighted by atomic mass is 10.0. The van der Waals surface area contributed by atoms with Crippen LogP contribution in [0.25, 0.3) is 0 Å². The normalized spacial score (nSPS) is 18.3. The molecule has 144 valence electrons. The van der Waals surface area contributed by atoms with Crippen LogP contribution in [0.5, 0.6) is 0 Å². The number of nitrogens with one attached hydrogen (secondary N) is 2. The van der Waals surface area contributed by atoms with Gasteiger partial charge in [-0.15, -0.1) is 0 Å². The molecule has 1 saturated heterocycles. The molecule has 2 rings (SSSR count). The Kier molecular flexibility index (Phi) is 7.59. The van der Waals surface area contributed by atoms with Gasteiger partial charge in [0.25, 0.3) is 0 Å². The van der Waals surface area contributed by atoms with E-state index in [1.54, 1.807) is 6.92 Å². The van der Waals surface area contributed by atoms with Gasteiger partial charge in [0.15, 0.2) is 0 Å². The minimum atomic E-state index is -3.44. The third kappa shape index (κ3) is 5.81. The van der Waals surface area contributed by atoms with Crippen molar-refractivity contribution < 1.29 is 18.0 Å². The van der Waals surface area contributed by atoms with Gasteiger partial charge in [0.1, 0.15) is 6.04 Å². The molecule has 1 atom stereocenters. The fourth-order valence-corrected chi connectivity index (χ4v) is 4.77. The number of benzene rings is 1. The fourth-order valence-electron chi connectivity index (χ4n) is 3.02. The number of carbonyl (C=O) groups excluding carboxylic acids is 2. The lowest BCUT2D eigenvalue weighted by Gasteiger charge is -2.33. The summed E-state index contributed by atoms with van der Waals surface area (Å²) in [5.74, 6) is -0.672. The molecule has 1 heterocycles. The zero-order chi connectivity index (χ0) is 19.0. The quantitative estimate of drug-likeness (QED) is 0.703. The molecule has 0 bridgehead atoms. The van der Waals surface area contributed by atoms with E-state index in [0.29, 0.717) is 25.9 Å².